The highest BCUT2D eigenvalue weighted by Gasteiger charge is 2.30. The van der Waals surface area contributed by atoms with Gasteiger partial charge in [0.1, 0.15) is 0 Å². The maximum atomic E-state index is 12.7. The Bertz CT molecular complexity index is 671. The number of esters is 2. The average molecular weight is 524 g/mol. The summed E-state index contributed by atoms with van der Waals surface area (Å²) in [6.07, 6.45) is 18.9. The zero-order chi connectivity index (χ0) is 27.1. The van der Waals surface area contributed by atoms with Crippen molar-refractivity contribution < 1.29 is 28.5 Å². The number of aromatic amines is 1. The number of nitrogens with one attached hydrogen (secondary N) is 1. The minimum Gasteiger partial charge on any atom is -0.487 e. The van der Waals surface area contributed by atoms with E-state index in [9.17, 15) is 9.59 Å². The van der Waals surface area contributed by atoms with E-state index in [0.717, 1.165) is 25.7 Å². The van der Waals surface area contributed by atoms with E-state index in [-0.39, 0.29) is 36.1 Å². The Balaban J connectivity index is 2.77. The molecule has 0 bridgehead atoms. The molecule has 0 aliphatic rings. The third kappa shape index (κ3) is 13.8. The van der Waals surface area contributed by atoms with Crippen LogP contribution in [0.25, 0.3) is 0 Å². The summed E-state index contributed by atoms with van der Waals surface area (Å²) >= 11 is 0. The highest BCUT2D eigenvalue weighted by molar-refractivity contribution is 5.99. The van der Waals surface area contributed by atoms with Crippen molar-refractivity contribution in [1.82, 2.24) is 4.98 Å². The summed E-state index contributed by atoms with van der Waals surface area (Å²) in [5, 5.41) is 0. The van der Waals surface area contributed by atoms with E-state index in [4.69, 9.17) is 18.9 Å². The van der Waals surface area contributed by atoms with Crippen LogP contribution in [0.15, 0.2) is 0 Å². The molecule has 0 amide bonds. The highest BCUT2D eigenvalue weighted by Crippen LogP contribution is 2.37. The van der Waals surface area contributed by atoms with Crippen molar-refractivity contribution >= 4 is 11.9 Å². The normalized spacial score (nSPS) is 10.9. The molecule has 1 aromatic heterocycles. The largest absolute Gasteiger partial charge is 0.487 e. The summed E-state index contributed by atoms with van der Waals surface area (Å²) in [5.74, 6) is -0.630. The van der Waals surface area contributed by atoms with Crippen LogP contribution in [0.4, 0.5) is 0 Å². The van der Waals surface area contributed by atoms with Crippen molar-refractivity contribution in [1.29, 1.82) is 0 Å². The lowest BCUT2D eigenvalue weighted by Gasteiger charge is -2.12. The van der Waals surface area contributed by atoms with Crippen LogP contribution in [0.3, 0.4) is 0 Å². The second kappa shape index (κ2) is 21.9. The first-order valence-electron chi connectivity index (χ1n) is 15.0. The van der Waals surface area contributed by atoms with Gasteiger partial charge in [-0.15, -0.1) is 0 Å². The smallest absolute Gasteiger partial charge is 0.358 e. The van der Waals surface area contributed by atoms with Gasteiger partial charge in [0.15, 0.2) is 22.9 Å². The van der Waals surface area contributed by atoms with Gasteiger partial charge in [0.2, 0.25) is 0 Å². The molecule has 0 unspecified atom stereocenters. The van der Waals surface area contributed by atoms with Crippen LogP contribution in [0.5, 0.6) is 11.5 Å². The highest BCUT2D eigenvalue weighted by atomic mass is 16.6. The van der Waals surface area contributed by atoms with Crippen LogP contribution < -0.4 is 9.47 Å². The van der Waals surface area contributed by atoms with Crippen LogP contribution >= 0.6 is 0 Å². The molecule has 7 heteroatoms. The van der Waals surface area contributed by atoms with Gasteiger partial charge in [0.05, 0.1) is 26.4 Å². The topological polar surface area (TPSA) is 86.9 Å². The molecule has 0 aliphatic carbocycles. The number of rotatable bonds is 24. The molecule has 1 aromatic rings. The van der Waals surface area contributed by atoms with Crippen molar-refractivity contribution in [3.8, 4) is 11.5 Å². The average Bonchev–Trinajstić information content (AvgIpc) is 3.25. The second-order valence-corrected chi connectivity index (χ2v) is 9.62. The van der Waals surface area contributed by atoms with Gasteiger partial charge in [-0.2, -0.15) is 0 Å². The molecule has 0 spiro atoms. The van der Waals surface area contributed by atoms with Crippen LogP contribution in [0, 0.1) is 0 Å². The first-order valence-corrected chi connectivity index (χ1v) is 15.0. The Labute approximate surface area is 225 Å². The summed E-state index contributed by atoms with van der Waals surface area (Å²) in [5.41, 5.74) is 0.214. The molecule has 37 heavy (non-hydrogen) atoms. The molecule has 1 N–H and O–H groups in total. The lowest BCUT2D eigenvalue weighted by Crippen LogP contribution is -2.09. The van der Waals surface area contributed by atoms with Gasteiger partial charge in [-0.05, 0) is 26.7 Å². The van der Waals surface area contributed by atoms with Crippen LogP contribution in [-0.4, -0.2) is 43.4 Å². The van der Waals surface area contributed by atoms with E-state index in [1.54, 1.807) is 13.8 Å². The quantitative estimate of drug-likeness (QED) is 0.108. The van der Waals surface area contributed by atoms with Gasteiger partial charge in [-0.1, -0.05) is 104 Å². The Kier molecular flexibility index (Phi) is 19.4. The van der Waals surface area contributed by atoms with E-state index in [2.05, 4.69) is 18.8 Å². The number of unbranched alkanes of at least 4 members (excludes halogenated alkanes) is 14. The monoisotopic (exact) mass is 523 g/mol. The Hall–Kier alpha value is -2.18. The Morgan fingerprint density at radius 1 is 0.514 bits per heavy atom. The molecule has 7 nitrogen and oxygen atoms in total. The molecule has 214 valence electrons. The summed E-state index contributed by atoms with van der Waals surface area (Å²) in [6.45, 7) is 9.26. The summed E-state index contributed by atoms with van der Waals surface area (Å²) in [6, 6.07) is 0. The van der Waals surface area contributed by atoms with E-state index in [1.807, 2.05) is 0 Å². The maximum absolute atomic E-state index is 12.7. The van der Waals surface area contributed by atoms with Crippen LogP contribution in [0.2, 0.25) is 0 Å². The number of ether oxygens (including phenoxy) is 4. The molecule has 0 atom stereocenters. The Morgan fingerprint density at radius 2 is 0.838 bits per heavy atom. The van der Waals surface area contributed by atoms with Gasteiger partial charge >= 0.3 is 11.9 Å². The number of carbonyl (C=O) groups excluding carboxylic acids is 2. The minimum absolute atomic E-state index is 0.107. The summed E-state index contributed by atoms with van der Waals surface area (Å²) in [4.78, 5) is 28.2. The van der Waals surface area contributed by atoms with Crippen LogP contribution in [0.1, 0.15) is 151 Å². The number of aromatic nitrogens is 1. The first kappa shape index (κ1) is 32.8. The van der Waals surface area contributed by atoms with Gasteiger partial charge < -0.3 is 23.9 Å². The predicted molar refractivity (Wildman–Crippen MR) is 149 cm³/mol. The van der Waals surface area contributed by atoms with Crippen molar-refractivity contribution in [2.45, 2.75) is 130 Å². The summed E-state index contributed by atoms with van der Waals surface area (Å²) in [7, 11) is 0. The van der Waals surface area contributed by atoms with E-state index < -0.39 is 11.9 Å². The van der Waals surface area contributed by atoms with Gasteiger partial charge in [-0.3, -0.25) is 0 Å². The molecule has 0 saturated carbocycles. The Morgan fingerprint density at radius 3 is 1.16 bits per heavy atom. The minimum atomic E-state index is -0.569. The maximum Gasteiger partial charge on any atom is 0.358 e. The van der Waals surface area contributed by atoms with Crippen molar-refractivity contribution in [3.05, 3.63) is 11.4 Å². The number of carbonyl (C=O) groups is 2. The molecule has 0 fully saturated rings. The fourth-order valence-corrected chi connectivity index (χ4v) is 4.26. The fourth-order valence-electron chi connectivity index (χ4n) is 4.26. The number of hydrogen-bond donors (Lipinski definition) is 1. The van der Waals surface area contributed by atoms with E-state index >= 15 is 0 Å². The molecule has 0 radical (unpaired) electrons. The number of H-pyrrole nitrogens is 1. The standard InChI is InChI=1S/C30H53NO6/c1-5-9-11-13-15-17-19-21-23-36-27-25(29(32)34-7-3)31-26(30(33)35-8-4)28(27)37-24-22-20-18-16-14-12-10-6-2/h31H,5-24H2,1-4H3. The second-order valence-electron chi connectivity index (χ2n) is 9.62. The number of hydrogen-bond acceptors (Lipinski definition) is 6. The van der Waals surface area contributed by atoms with E-state index in [1.165, 1.54) is 77.0 Å². The molecule has 1 heterocycles. The van der Waals surface area contributed by atoms with Crippen LogP contribution in [-0.2, 0) is 9.47 Å². The lowest BCUT2D eigenvalue weighted by atomic mass is 10.1. The predicted octanol–water partition coefficient (Wildman–Crippen LogP) is 8.41. The van der Waals surface area contributed by atoms with Crippen molar-refractivity contribution in [2.75, 3.05) is 26.4 Å². The van der Waals surface area contributed by atoms with Crippen molar-refractivity contribution in [3.63, 3.8) is 0 Å². The van der Waals surface area contributed by atoms with Gasteiger partial charge in [-0.25, -0.2) is 9.59 Å². The zero-order valence-corrected chi connectivity index (χ0v) is 24.1. The molecular formula is C30H53NO6. The lowest BCUT2D eigenvalue weighted by molar-refractivity contribution is 0.0513. The third-order valence-corrected chi connectivity index (χ3v) is 6.36. The molecular weight excluding hydrogens is 470 g/mol. The van der Waals surface area contributed by atoms with Gasteiger partial charge in [0.25, 0.3) is 0 Å². The summed E-state index contributed by atoms with van der Waals surface area (Å²) < 4.78 is 22.5. The molecule has 0 aromatic carbocycles. The molecule has 0 saturated heterocycles. The van der Waals surface area contributed by atoms with E-state index in [0.29, 0.717) is 13.2 Å². The molecule has 1 rings (SSSR count). The fraction of sp³-hybridized carbons (Fsp3) is 0.800. The van der Waals surface area contributed by atoms with Crippen molar-refractivity contribution in [2.24, 2.45) is 0 Å². The first-order chi connectivity index (χ1) is 18.1. The zero-order valence-electron chi connectivity index (χ0n) is 24.1. The third-order valence-electron chi connectivity index (χ3n) is 6.36. The molecule has 0 aliphatic heterocycles. The SMILES string of the molecule is CCCCCCCCCCOc1c(C(=O)OCC)[nH]c(C(=O)OCC)c1OCCCCCCCCCC. The van der Waals surface area contributed by atoms with Gasteiger partial charge in [0, 0.05) is 0 Å².